The highest BCUT2D eigenvalue weighted by Crippen LogP contribution is 2.46. The average Bonchev–Trinajstić information content (AvgIpc) is 2.75. The van der Waals surface area contributed by atoms with Crippen molar-refractivity contribution in [3.63, 3.8) is 0 Å². The fourth-order valence-electron chi connectivity index (χ4n) is 3.71. The summed E-state index contributed by atoms with van der Waals surface area (Å²) in [6.45, 7) is 8.03. The first-order chi connectivity index (χ1) is 13.7. The van der Waals surface area contributed by atoms with Crippen LogP contribution >= 0.6 is 15.9 Å². The molecule has 0 radical (unpaired) electrons. The van der Waals surface area contributed by atoms with E-state index < -0.39 is 11.5 Å². The van der Waals surface area contributed by atoms with Gasteiger partial charge in [-0.25, -0.2) is 6.57 Å². The van der Waals surface area contributed by atoms with Crippen molar-refractivity contribution in [2.45, 2.75) is 11.5 Å². The monoisotopic (exact) mass is 428 g/mol. The Morgan fingerprint density at radius 1 is 0.893 bits per heavy atom. The third-order valence-corrected chi connectivity index (χ3v) is 5.78. The lowest BCUT2D eigenvalue weighted by Crippen LogP contribution is -2.48. The zero-order valence-electron chi connectivity index (χ0n) is 15.0. The average molecular weight is 429 g/mol. The van der Waals surface area contributed by atoms with Gasteiger partial charge in [-0.05, 0) is 17.7 Å². The highest BCUT2D eigenvalue weighted by atomic mass is 79.9. The fraction of sp³-hybridized carbons (Fsp3) is 0.0833. The molecule has 1 amide bonds. The Labute approximate surface area is 172 Å². The molecule has 1 aliphatic rings. The topological polar surface area (TPSA) is 33.5 Å². The minimum absolute atomic E-state index is 0.309. The molecular formula is C24H17BrN2O. The van der Waals surface area contributed by atoms with Gasteiger partial charge in [0.05, 0.1) is 5.92 Å². The molecule has 0 saturated carbocycles. The predicted octanol–water partition coefficient (Wildman–Crippen LogP) is 5.52. The first kappa shape index (κ1) is 18.2. The Morgan fingerprint density at radius 3 is 2.14 bits per heavy atom. The van der Waals surface area contributed by atoms with Crippen LogP contribution in [0.3, 0.4) is 0 Å². The summed E-state index contributed by atoms with van der Waals surface area (Å²) in [5.74, 6) is -0.722. The molecule has 1 heterocycles. The zero-order valence-corrected chi connectivity index (χ0v) is 16.6. The van der Waals surface area contributed by atoms with Gasteiger partial charge in [-0.3, -0.25) is 9.64 Å². The van der Waals surface area contributed by atoms with E-state index in [1.165, 1.54) is 0 Å². The maximum absolute atomic E-state index is 13.4. The molecule has 3 aromatic carbocycles. The minimum Gasteiger partial charge on any atom is -0.318 e. The standard InChI is InChI=1S/C24H17BrN2O/c1-26-24(18-12-6-3-7-13-18)20(17-10-4-2-5-11-17)16-22(27-23(24)28)19-14-8-9-15-21(19)25/h2-16,20H,(H,27,28)/t20-,24+/m0/s1. The van der Waals surface area contributed by atoms with E-state index in [-0.39, 0.29) is 5.91 Å². The first-order valence-corrected chi connectivity index (χ1v) is 9.73. The molecule has 2 atom stereocenters. The van der Waals surface area contributed by atoms with Crippen LogP contribution in [0.2, 0.25) is 0 Å². The molecule has 0 saturated heterocycles. The summed E-state index contributed by atoms with van der Waals surface area (Å²) in [7, 11) is 0. The second-order valence-electron chi connectivity index (χ2n) is 6.65. The molecule has 0 aliphatic carbocycles. The van der Waals surface area contributed by atoms with E-state index >= 15 is 0 Å². The summed E-state index contributed by atoms with van der Waals surface area (Å²) in [5.41, 5.74) is 1.87. The lowest BCUT2D eigenvalue weighted by atomic mass is 9.71. The molecule has 4 rings (SSSR count). The molecule has 0 unspecified atom stereocenters. The van der Waals surface area contributed by atoms with Crippen LogP contribution in [0.25, 0.3) is 10.5 Å². The molecule has 0 fully saturated rings. The molecular weight excluding hydrogens is 412 g/mol. The van der Waals surface area contributed by atoms with E-state index in [1.807, 2.05) is 91.0 Å². The Bertz CT molecular complexity index is 1090. The van der Waals surface area contributed by atoms with Gasteiger partial charge >= 0.3 is 11.4 Å². The van der Waals surface area contributed by atoms with E-state index in [9.17, 15) is 4.79 Å². The third-order valence-electron chi connectivity index (χ3n) is 5.09. The van der Waals surface area contributed by atoms with Crippen LogP contribution < -0.4 is 5.32 Å². The van der Waals surface area contributed by atoms with Gasteiger partial charge in [0.15, 0.2) is 0 Å². The second-order valence-corrected chi connectivity index (χ2v) is 7.50. The summed E-state index contributed by atoms with van der Waals surface area (Å²) in [6.07, 6.45) is 2.00. The summed E-state index contributed by atoms with van der Waals surface area (Å²) in [6, 6.07) is 26.8. The van der Waals surface area contributed by atoms with Gasteiger partial charge in [-0.1, -0.05) is 94.8 Å². The lowest BCUT2D eigenvalue weighted by Gasteiger charge is -2.33. The summed E-state index contributed by atoms with van der Waals surface area (Å²) >= 11 is 3.57. The van der Waals surface area contributed by atoms with Gasteiger partial charge in [0.1, 0.15) is 0 Å². The van der Waals surface area contributed by atoms with Crippen LogP contribution in [-0.4, -0.2) is 5.91 Å². The molecule has 3 nitrogen and oxygen atoms in total. The van der Waals surface area contributed by atoms with E-state index in [1.54, 1.807) is 0 Å². The van der Waals surface area contributed by atoms with Crippen LogP contribution in [0.1, 0.15) is 22.6 Å². The molecule has 1 aliphatic heterocycles. The molecule has 3 aromatic rings. The number of carbonyl (C=O) groups is 1. The van der Waals surface area contributed by atoms with Crippen molar-refractivity contribution in [1.29, 1.82) is 0 Å². The van der Waals surface area contributed by atoms with E-state index in [0.29, 0.717) is 11.3 Å². The molecule has 0 spiro atoms. The van der Waals surface area contributed by atoms with Crippen molar-refractivity contribution in [1.82, 2.24) is 5.32 Å². The normalized spacial score (nSPS) is 21.4. The van der Waals surface area contributed by atoms with Crippen LogP contribution in [0.15, 0.2) is 95.5 Å². The van der Waals surface area contributed by atoms with Crippen LogP contribution in [-0.2, 0) is 10.3 Å². The second kappa shape index (κ2) is 7.46. The fourth-order valence-corrected chi connectivity index (χ4v) is 4.21. The number of nitrogens with zero attached hydrogens (tertiary/aromatic N) is 1. The number of hydrogen-bond donors (Lipinski definition) is 1. The van der Waals surface area contributed by atoms with Gasteiger partial charge in [0, 0.05) is 21.3 Å². The maximum atomic E-state index is 13.4. The smallest absolute Gasteiger partial charge is 0.318 e. The molecule has 4 heteroatoms. The third kappa shape index (κ3) is 2.94. The Kier molecular flexibility index (Phi) is 4.85. The summed E-state index contributed by atoms with van der Waals surface area (Å²) in [4.78, 5) is 17.4. The van der Waals surface area contributed by atoms with E-state index in [4.69, 9.17) is 6.57 Å². The largest absolute Gasteiger partial charge is 0.344 e. The Balaban J connectivity index is 1.96. The molecule has 28 heavy (non-hydrogen) atoms. The zero-order chi connectivity index (χ0) is 19.6. The van der Waals surface area contributed by atoms with Gasteiger partial charge in [0.25, 0.3) is 0 Å². The highest BCUT2D eigenvalue weighted by molar-refractivity contribution is 9.10. The maximum Gasteiger partial charge on any atom is 0.344 e. The molecule has 1 N–H and O–H groups in total. The van der Waals surface area contributed by atoms with Gasteiger partial charge in [0.2, 0.25) is 0 Å². The number of halogens is 1. The minimum atomic E-state index is -1.35. The number of amides is 1. The predicted molar refractivity (Wildman–Crippen MR) is 114 cm³/mol. The van der Waals surface area contributed by atoms with Crippen molar-refractivity contribution < 1.29 is 4.79 Å². The van der Waals surface area contributed by atoms with Gasteiger partial charge in [-0.15, -0.1) is 0 Å². The van der Waals surface area contributed by atoms with Crippen molar-refractivity contribution in [2.75, 3.05) is 0 Å². The van der Waals surface area contributed by atoms with Crippen LogP contribution in [0.4, 0.5) is 0 Å². The number of nitrogens with one attached hydrogen (secondary N) is 1. The Hall–Kier alpha value is -3.16. The van der Waals surface area contributed by atoms with Crippen LogP contribution in [0, 0.1) is 6.57 Å². The van der Waals surface area contributed by atoms with Crippen molar-refractivity contribution in [3.8, 4) is 0 Å². The quantitative estimate of drug-likeness (QED) is 0.547. The van der Waals surface area contributed by atoms with E-state index in [0.717, 1.165) is 15.6 Å². The summed E-state index contributed by atoms with van der Waals surface area (Å²) in [5, 5.41) is 2.99. The van der Waals surface area contributed by atoms with Gasteiger partial charge < -0.3 is 5.32 Å². The lowest BCUT2D eigenvalue weighted by molar-refractivity contribution is -0.124. The number of benzene rings is 3. The summed E-state index contributed by atoms with van der Waals surface area (Å²) < 4.78 is 0.892. The first-order valence-electron chi connectivity index (χ1n) is 8.94. The molecule has 136 valence electrons. The van der Waals surface area contributed by atoms with Crippen molar-refractivity contribution >= 4 is 27.5 Å². The molecule has 0 bridgehead atoms. The van der Waals surface area contributed by atoms with Gasteiger partial charge in [-0.2, -0.15) is 0 Å². The van der Waals surface area contributed by atoms with E-state index in [2.05, 4.69) is 26.1 Å². The van der Waals surface area contributed by atoms with Crippen molar-refractivity contribution in [3.05, 3.63) is 124 Å². The number of hydrogen-bond acceptors (Lipinski definition) is 1. The van der Waals surface area contributed by atoms with Crippen LogP contribution in [0.5, 0.6) is 0 Å². The number of carbonyl (C=O) groups excluding carboxylic acids is 1. The SMILES string of the molecule is [C-]#[N+][C@@]1(c2ccccc2)C(=O)NC(c2ccccc2Br)=C[C@H]1c1ccccc1. The Morgan fingerprint density at radius 2 is 1.50 bits per heavy atom. The highest BCUT2D eigenvalue weighted by Gasteiger charge is 2.56. The number of rotatable bonds is 3. The van der Waals surface area contributed by atoms with Crippen molar-refractivity contribution in [2.24, 2.45) is 0 Å². The molecule has 0 aromatic heterocycles.